The molecule has 19 heavy (non-hydrogen) atoms. The van der Waals surface area contributed by atoms with Gasteiger partial charge in [-0.25, -0.2) is 0 Å². The molecule has 5 heteroatoms. The Bertz CT molecular complexity index is 446. The predicted octanol–water partition coefficient (Wildman–Crippen LogP) is 1.27. The summed E-state index contributed by atoms with van der Waals surface area (Å²) in [7, 11) is 0. The number of halogens is 1. The lowest BCUT2D eigenvalue weighted by molar-refractivity contribution is -0.121. The minimum absolute atomic E-state index is 0. The first-order valence-electron chi connectivity index (χ1n) is 6.68. The second-order valence-electron chi connectivity index (χ2n) is 4.99. The highest BCUT2D eigenvalue weighted by Gasteiger charge is 2.29. The molecule has 1 amide bonds. The van der Waals surface area contributed by atoms with E-state index in [9.17, 15) is 4.79 Å². The maximum absolute atomic E-state index is 12.3. The third-order valence-electron chi connectivity index (χ3n) is 3.86. The van der Waals surface area contributed by atoms with Crippen molar-refractivity contribution in [1.82, 2.24) is 10.2 Å². The summed E-state index contributed by atoms with van der Waals surface area (Å²) in [6.45, 7) is 3.90. The lowest BCUT2D eigenvalue weighted by Crippen LogP contribution is -2.52. The summed E-state index contributed by atoms with van der Waals surface area (Å²) in [5, 5.41) is 6.40. The van der Waals surface area contributed by atoms with Crippen LogP contribution in [0.3, 0.4) is 0 Å². The molecule has 1 atom stereocenters. The van der Waals surface area contributed by atoms with Gasteiger partial charge in [-0.05, 0) is 24.5 Å². The summed E-state index contributed by atoms with van der Waals surface area (Å²) in [6, 6.07) is 8.14. The van der Waals surface area contributed by atoms with Crippen LogP contribution in [0.1, 0.15) is 12.0 Å². The van der Waals surface area contributed by atoms with Crippen LogP contribution in [0.25, 0.3) is 0 Å². The summed E-state index contributed by atoms with van der Waals surface area (Å²) >= 11 is 0. The average Bonchev–Trinajstić information content (AvgIpc) is 2.58. The lowest BCUT2D eigenvalue weighted by atomic mass is 10.0. The van der Waals surface area contributed by atoms with Crippen molar-refractivity contribution in [2.24, 2.45) is 0 Å². The average molecular weight is 282 g/mol. The molecule has 2 aliphatic heterocycles. The Kier molecular flexibility index (Phi) is 4.80. The third-order valence-corrected chi connectivity index (χ3v) is 3.86. The minimum atomic E-state index is 0. The third kappa shape index (κ3) is 3.08. The van der Waals surface area contributed by atoms with E-state index in [4.69, 9.17) is 0 Å². The molecule has 0 aliphatic carbocycles. The lowest BCUT2D eigenvalue weighted by Gasteiger charge is -2.33. The highest BCUT2D eigenvalue weighted by atomic mass is 35.5. The van der Waals surface area contributed by atoms with Gasteiger partial charge in [0.2, 0.25) is 5.91 Å². The van der Waals surface area contributed by atoms with E-state index < -0.39 is 0 Å². The van der Waals surface area contributed by atoms with E-state index >= 15 is 0 Å². The van der Waals surface area contributed by atoms with Crippen LogP contribution in [0.4, 0.5) is 5.69 Å². The van der Waals surface area contributed by atoms with Crippen molar-refractivity contribution in [3.63, 3.8) is 0 Å². The smallest absolute Gasteiger partial charge is 0.241 e. The van der Waals surface area contributed by atoms with Crippen molar-refractivity contribution >= 4 is 24.0 Å². The zero-order valence-corrected chi connectivity index (χ0v) is 11.7. The van der Waals surface area contributed by atoms with Gasteiger partial charge in [0.1, 0.15) is 0 Å². The Balaban J connectivity index is 0.00000133. The van der Waals surface area contributed by atoms with Gasteiger partial charge < -0.3 is 10.6 Å². The van der Waals surface area contributed by atoms with Crippen LogP contribution in [0.2, 0.25) is 0 Å². The molecule has 1 aromatic carbocycles. The van der Waals surface area contributed by atoms with Crippen molar-refractivity contribution in [2.45, 2.75) is 18.9 Å². The number of nitrogens with zero attached hydrogens (tertiary/aromatic N) is 1. The number of fused-ring (bicyclic) bond motifs is 1. The van der Waals surface area contributed by atoms with E-state index in [1.54, 1.807) is 0 Å². The predicted molar refractivity (Wildman–Crippen MR) is 78.9 cm³/mol. The normalized spacial score (nSPS) is 23.8. The van der Waals surface area contributed by atoms with E-state index in [1.165, 1.54) is 5.56 Å². The summed E-state index contributed by atoms with van der Waals surface area (Å²) < 4.78 is 0. The van der Waals surface area contributed by atoms with E-state index in [-0.39, 0.29) is 24.4 Å². The summed E-state index contributed by atoms with van der Waals surface area (Å²) in [4.78, 5) is 14.6. The number of piperazine rings is 1. The summed E-state index contributed by atoms with van der Waals surface area (Å²) in [5.41, 5.74) is 2.24. The molecule has 1 saturated heterocycles. The molecule has 4 nitrogen and oxygen atoms in total. The molecule has 0 saturated carbocycles. The molecule has 2 N–H and O–H groups in total. The first-order chi connectivity index (χ1) is 8.84. The zero-order chi connectivity index (χ0) is 12.4. The fourth-order valence-corrected chi connectivity index (χ4v) is 2.84. The highest BCUT2D eigenvalue weighted by Crippen LogP contribution is 2.23. The number of nitrogens with one attached hydrogen (secondary N) is 2. The number of amides is 1. The molecule has 1 unspecified atom stereocenters. The van der Waals surface area contributed by atoms with Crippen LogP contribution in [0.15, 0.2) is 24.3 Å². The van der Waals surface area contributed by atoms with Gasteiger partial charge in [0, 0.05) is 31.9 Å². The number of hydrogen-bond acceptors (Lipinski definition) is 3. The maximum atomic E-state index is 12.3. The monoisotopic (exact) mass is 281 g/mol. The van der Waals surface area contributed by atoms with Gasteiger partial charge in [0.15, 0.2) is 0 Å². The molecule has 0 radical (unpaired) electrons. The number of hydrogen-bond donors (Lipinski definition) is 2. The van der Waals surface area contributed by atoms with Gasteiger partial charge in [-0.1, -0.05) is 18.2 Å². The quantitative estimate of drug-likeness (QED) is 0.815. The van der Waals surface area contributed by atoms with Gasteiger partial charge in [0.25, 0.3) is 0 Å². The van der Waals surface area contributed by atoms with Gasteiger partial charge in [-0.15, -0.1) is 12.4 Å². The van der Waals surface area contributed by atoms with Crippen molar-refractivity contribution in [3.05, 3.63) is 29.8 Å². The molecule has 2 aliphatic rings. The zero-order valence-electron chi connectivity index (χ0n) is 10.9. The number of benzene rings is 1. The largest absolute Gasteiger partial charge is 0.324 e. The van der Waals surface area contributed by atoms with E-state index in [1.807, 2.05) is 18.2 Å². The topological polar surface area (TPSA) is 44.4 Å². The second-order valence-corrected chi connectivity index (χ2v) is 4.99. The Morgan fingerprint density at radius 1 is 1.16 bits per heavy atom. The molecular weight excluding hydrogens is 262 g/mol. The number of carbonyl (C=O) groups excluding carboxylic acids is 1. The Labute approximate surface area is 120 Å². The maximum Gasteiger partial charge on any atom is 0.241 e. The van der Waals surface area contributed by atoms with Gasteiger partial charge >= 0.3 is 0 Å². The Hall–Kier alpha value is -1.10. The standard InChI is InChI=1S/C14H19N3O.ClH/c18-14-13(17-9-7-15-8-10-17)6-5-11-3-1-2-4-12(11)16-14;/h1-4,13,15H,5-10H2,(H,16,18);1H. The van der Waals surface area contributed by atoms with Crippen molar-refractivity contribution in [3.8, 4) is 0 Å². The van der Waals surface area contributed by atoms with Crippen LogP contribution in [-0.2, 0) is 11.2 Å². The van der Waals surface area contributed by atoms with Crippen molar-refractivity contribution in [2.75, 3.05) is 31.5 Å². The molecule has 2 heterocycles. The number of rotatable bonds is 1. The number of aryl methyl sites for hydroxylation is 1. The Morgan fingerprint density at radius 3 is 2.68 bits per heavy atom. The minimum Gasteiger partial charge on any atom is -0.324 e. The SMILES string of the molecule is Cl.O=C1Nc2ccccc2CCC1N1CCNCC1. The van der Waals surface area contributed by atoms with Crippen LogP contribution in [0.5, 0.6) is 0 Å². The Morgan fingerprint density at radius 2 is 1.89 bits per heavy atom. The highest BCUT2D eigenvalue weighted by molar-refractivity contribution is 5.96. The van der Waals surface area contributed by atoms with Gasteiger partial charge in [-0.3, -0.25) is 9.69 Å². The first kappa shape index (κ1) is 14.3. The second kappa shape index (κ2) is 6.37. The molecule has 0 spiro atoms. The van der Waals surface area contributed by atoms with Gasteiger partial charge in [0.05, 0.1) is 6.04 Å². The fourth-order valence-electron chi connectivity index (χ4n) is 2.84. The van der Waals surface area contributed by atoms with Gasteiger partial charge in [-0.2, -0.15) is 0 Å². The van der Waals surface area contributed by atoms with E-state index in [0.29, 0.717) is 0 Å². The number of para-hydroxylation sites is 1. The van der Waals surface area contributed by atoms with Crippen molar-refractivity contribution in [1.29, 1.82) is 0 Å². The molecule has 0 bridgehead atoms. The molecular formula is C14H20ClN3O. The summed E-state index contributed by atoms with van der Waals surface area (Å²) in [5.74, 6) is 0.154. The van der Waals surface area contributed by atoms with Crippen molar-refractivity contribution < 1.29 is 4.79 Å². The first-order valence-corrected chi connectivity index (χ1v) is 6.68. The van der Waals surface area contributed by atoms with Crippen LogP contribution in [-0.4, -0.2) is 43.0 Å². The molecule has 1 aromatic rings. The van der Waals surface area contributed by atoms with E-state index in [2.05, 4.69) is 21.6 Å². The fraction of sp³-hybridized carbons (Fsp3) is 0.500. The van der Waals surface area contributed by atoms with Crippen LogP contribution >= 0.6 is 12.4 Å². The molecule has 1 fully saturated rings. The molecule has 3 rings (SSSR count). The van der Waals surface area contributed by atoms with E-state index in [0.717, 1.165) is 44.7 Å². The van der Waals surface area contributed by atoms with Crippen LogP contribution in [0, 0.1) is 0 Å². The molecule has 104 valence electrons. The number of anilines is 1. The molecule has 0 aromatic heterocycles. The number of carbonyl (C=O) groups is 1. The van der Waals surface area contributed by atoms with Crippen LogP contribution < -0.4 is 10.6 Å². The summed E-state index contributed by atoms with van der Waals surface area (Å²) in [6.07, 6.45) is 1.90.